The zero-order valence-electron chi connectivity index (χ0n) is 7.01. The first-order chi connectivity index (χ1) is 4.70. The van der Waals surface area contributed by atoms with Gasteiger partial charge in [0, 0.05) is 12.6 Å². The van der Waals surface area contributed by atoms with Gasteiger partial charge in [-0.15, -0.1) is 6.58 Å². The molecule has 0 aliphatic carbocycles. The Morgan fingerprint density at radius 1 is 1.70 bits per heavy atom. The number of likely N-dealkylation sites (N-methyl/N-ethyl adjacent to an activating group) is 1. The summed E-state index contributed by atoms with van der Waals surface area (Å²) in [6.07, 6.45) is 2.96. The maximum atomic E-state index is 5.64. The summed E-state index contributed by atoms with van der Waals surface area (Å²) in [6, 6.07) is 0.122. The Bertz CT molecular complexity index is 91.3. The van der Waals surface area contributed by atoms with Crippen LogP contribution in [0.4, 0.5) is 0 Å². The third kappa shape index (κ3) is 4.53. The van der Waals surface area contributed by atoms with E-state index in [9.17, 15) is 0 Å². The van der Waals surface area contributed by atoms with E-state index in [2.05, 4.69) is 25.5 Å². The molecule has 0 fully saturated rings. The van der Waals surface area contributed by atoms with Crippen LogP contribution in [0.3, 0.4) is 0 Å². The lowest BCUT2D eigenvalue weighted by atomic mass is 10.3. The molecule has 60 valence electrons. The van der Waals surface area contributed by atoms with E-state index in [0.29, 0.717) is 0 Å². The van der Waals surface area contributed by atoms with Crippen molar-refractivity contribution in [3.63, 3.8) is 0 Å². The molecule has 2 N–H and O–H groups in total. The Hall–Kier alpha value is -0.340. The van der Waals surface area contributed by atoms with Crippen LogP contribution < -0.4 is 5.73 Å². The van der Waals surface area contributed by atoms with Crippen LogP contribution in [0.1, 0.15) is 13.3 Å². The standard InChI is InChI=1S/C8H18N2/c1-4-6-10(3)7-8(9)5-2/h5,8H,2,4,6-7,9H2,1,3H3/t8-/m0/s1. The topological polar surface area (TPSA) is 29.3 Å². The number of hydrogen-bond acceptors (Lipinski definition) is 2. The van der Waals surface area contributed by atoms with Crippen molar-refractivity contribution in [2.75, 3.05) is 20.1 Å². The Balaban J connectivity index is 3.36. The largest absolute Gasteiger partial charge is 0.323 e. The van der Waals surface area contributed by atoms with E-state index in [4.69, 9.17) is 5.73 Å². The molecular formula is C8H18N2. The van der Waals surface area contributed by atoms with Crippen molar-refractivity contribution in [1.82, 2.24) is 4.90 Å². The van der Waals surface area contributed by atoms with Gasteiger partial charge >= 0.3 is 0 Å². The van der Waals surface area contributed by atoms with E-state index in [1.807, 2.05) is 0 Å². The Kier molecular flexibility index (Phi) is 5.26. The van der Waals surface area contributed by atoms with Gasteiger partial charge in [0.2, 0.25) is 0 Å². The molecule has 0 saturated carbocycles. The first-order valence-corrected chi connectivity index (χ1v) is 3.77. The first kappa shape index (κ1) is 9.66. The lowest BCUT2D eigenvalue weighted by Gasteiger charge is -2.17. The van der Waals surface area contributed by atoms with E-state index < -0.39 is 0 Å². The number of nitrogens with zero attached hydrogens (tertiary/aromatic N) is 1. The molecule has 0 heterocycles. The summed E-state index contributed by atoms with van der Waals surface area (Å²) in [5, 5.41) is 0. The van der Waals surface area contributed by atoms with Crippen LogP contribution in [0.5, 0.6) is 0 Å². The predicted molar refractivity (Wildman–Crippen MR) is 46.0 cm³/mol. The highest BCUT2D eigenvalue weighted by atomic mass is 15.1. The number of nitrogens with two attached hydrogens (primary N) is 1. The molecule has 0 unspecified atom stereocenters. The summed E-state index contributed by atoms with van der Waals surface area (Å²) in [4.78, 5) is 2.21. The summed E-state index contributed by atoms with van der Waals surface area (Å²) in [7, 11) is 2.08. The monoisotopic (exact) mass is 142 g/mol. The molecule has 0 spiro atoms. The third-order valence-corrected chi connectivity index (χ3v) is 1.43. The second kappa shape index (κ2) is 5.45. The smallest absolute Gasteiger partial charge is 0.0350 e. The van der Waals surface area contributed by atoms with Gasteiger partial charge in [0.25, 0.3) is 0 Å². The maximum Gasteiger partial charge on any atom is 0.0350 e. The molecule has 2 heteroatoms. The zero-order valence-corrected chi connectivity index (χ0v) is 7.01. The van der Waals surface area contributed by atoms with Gasteiger partial charge in [-0.2, -0.15) is 0 Å². The minimum atomic E-state index is 0.122. The van der Waals surface area contributed by atoms with Crippen LogP contribution in [0.15, 0.2) is 12.7 Å². The molecule has 0 aliphatic heterocycles. The molecule has 0 saturated heterocycles. The Morgan fingerprint density at radius 3 is 2.70 bits per heavy atom. The lowest BCUT2D eigenvalue weighted by molar-refractivity contribution is 0.326. The van der Waals surface area contributed by atoms with Gasteiger partial charge in [-0.3, -0.25) is 0 Å². The molecule has 10 heavy (non-hydrogen) atoms. The quantitative estimate of drug-likeness (QED) is 0.576. The van der Waals surface area contributed by atoms with Gasteiger partial charge in [0.15, 0.2) is 0 Å². The summed E-state index contributed by atoms with van der Waals surface area (Å²) >= 11 is 0. The van der Waals surface area contributed by atoms with Crippen molar-refractivity contribution in [1.29, 1.82) is 0 Å². The highest BCUT2D eigenvalue weighted by Crippen LogP contribution is 1.88. The molecule has 0 aromatic carbocycles. The SMILES string of the molecule is C=C[C@H](N)CN(C)CCC. The van der Waals surface area contributed by atoms with E-state index in [0.717, 1.165) is 13.1 Å². The van der Waals surface area contributed by atoms with Gasteiger partial charge in [-0.1, -0.05) is 13.0 Å². The molecule has 1 atom stereocenters. The van der Waals surface area contributed by atoms with Crippen LogP contribution in [0, 0.1) is 0 Å². The van der Waals surface area contributed by atoms with Crippen LogP contribution in [0.2, 0.25) is 0 Å². The third-order valence-electron chi connectivity index (χ3n) is 1.43. The van der Waals surface area contributed by atoms with Crippen LogP contribution in [-0.2, 0) is 0 Å². The normalized spacial score (nSPS) is 13.6. The predicted octanol–water partition coefficient (Wildman–Crippen LogP) is 0.841. The molecule has 0 bridgehead atoms. The van der Waals surface area contributed by atoms with Gasteiger partial charge in [-0.25, -0.2) is 0 Å². The van der Waals surface area contributed by atoms with Crippen molar-refractivity contribution >= 4 is 0 Å². The van der Waals surface area contributed by atoms with Gasteiger partial charge in [-0.05, 0) is 20.0 Å². The Labute approximate surface area is 63.7 Å². The Morgan fingerprint density at radius 2 is 2.30 bits per heavy atom. The summed E-state index contributed by atoms with van der Waals surface area (Å²) in [5.74, 6) is 0. The minimum Gasteiger partial charge on any atom is -0.323 e. The summed E-state index contributed by atoms with van der Waals surface area (Å²) < 4.78 is 0. The zero-order chi connectivity index (χ0) is 7.98. The number of hydrogen-bond donors (Lipinski definition) is 1. The fourth-order valence-corrected chi connectivity index (χ4v) is 0.907. The summed E-state index contributed by atoms with van der Waals surface area (Å²) in [5.41, 5.74) is 5.64. The molecular weight excluding hydrogens is 124 g/mol. The molecule has 0 radical (unpaired) electrons. The molecule has 0 aromatic heterocycles. The van der Waals surface area contributed by atoms with Gasteiger partial charge < -0.3 is 10.6 Å². The van der Waals surface area contributed by atoms with Crippen LogP contribution >= 0.6 is 0 Å². The molecule has 0 aliphatic rings. The van der Waals surface area contributed by atoms with Crippen LogP contribution in [-0.4, -0.2) is 31.1 Å². The van der Waals surface area contributed by atoms with E-state index in [1.165, 1.54) is 6.42 Å². The fraction of sp³-hybridized carbons (Fsp3) is 0.750. The second-order valence-electron chi connectivity index (χ2n) is 2.66. The molecule has 2 nitrogen and oxygen atoms in total. The van der Waals surface area contributed by atoms with Crippen molar-refractivity contribution in [2.24, 2.45) is 5.73 Å². The molecule has 0 rings (SSSR count). The summed E-state index contributed by atoms with van der Waals surface area (Å²) in [6.45, 7) is 7.81. The highest BCUT2D eigenvalue weighted by Gasteiger charge is 2.00. The molecule has 0 amide bonds. The van der Waals surface area contributed by atoms with E-state index in [-0.39, 0.29) is 6.04 Å². The molecule has 0 aromatic rings. The average molecular weight is 142 g/mol. The van der Waals surface area contributed by atoms with Gasteiger partial charge in [0.05, 0.1) is 0 Å². The van der Waals surface area contributed by atoms with Crippen molar-refractivity contribution in [3.8, 4) is 0 Å². The van der Waals surface area contributed by atoms with E-state index >= 15 is 0 Å². The van der Waals surface area contributed by atoms with Crippen molar-refractivity contribution in [3.05, 3.63) is 12.7 Å². The fourth-order valence-electron chi connectivity index (χ4n) is 0.907. The van der Waals surface area contributed by atoms with Crippen molar-refractivity contribution in [2.45, 2.75) is 19.4 Å². The average Bonchev–Trinajstić information content (AvgIpc) is 1.88. The van der Waals surface area contributed by atoms with Gasteiger partial charge in [0.1, 0.15) is 0 Å². The lowest BCUT2D eigenvalue weighted by Crippen LogP contribution is -2.33. The first-order valence-electron chi connectivity index (χ1n) is 3.77. The van der Waals surface area contributed by atoms with Crippen LogP contribution in [0.25, 0.3) is 0 Å². The second-order valence-corrected chi connectivity index (χ2v) is 2.66. The highest BCUT2D eigenvalue weighted by molar-refractivity contribution is 4.84. The number of rotatable bonds is 5. The van der Waals surface area contributed by atoms with Crippen molar-refractivity contribution < 1.29 is 0 Å². The van der Waals surface area contributed by atoms with E-state index in [1.54, 1.807) is 6.08 Å². The maximum absolute atomic E-state index is 5.64. The minimum absolute atomic E-state index is 0.122.